The van der Waals surface area contributed by atoms with Gasteiger partial charge in [-0.25, -0.2) is 0 Å². The predicted molar refractivity (Wildman–Crippen MR) is 90.8 cm³/mol. The molecule has 20 heavy (non-hydrogen) atoms. The number of hydrogen-bond acceptors (Lipinski definition) is 2. The Kier molecular flexibility index (Phi) is 4.12. The van der Waals surface area contributed by atoms with Crippen LogP contribution in [0.5, 0.6) is 11.5 Å². The Labute approximate surface area is 122 Å². The topological polar surface area (TPSA) is 18.5 Å². The first kappa shape index (κ1) is 14.6. The van der Waals surface area contributed by atoms with Crippen LogP contribution in [0.15, 0.2) is 24.3 Å². The Bertz CT molecular complexity index is 594. The SMILES string of the molecule is Bc1ccc(OC)c(-c2c(OC)ccc(B)c2C)c1C. The van der Waals surface area contributed by atoms with Crippen molar-refractivity contribution < 1.29 is 9.47 Å². The van der Waals surface area contributed by atoms with E-state index in [1.165, 1.54) is 22.1 Å². The molecular formula is C16H20B2O2. The van der Waals surface area contributed by atoms with Gasteiger partial charge in [0.2, 0.25) is 0 Å². The van der Waals surface area contributed by atoms with Crippen molar-refractivity contribution in [3.63, 3.8) is 0 Å². The molecule has 2 aromatic carbocycles. The van der Waals surface area contributed by atoms with Crippen LogP contribution >= 0.6 is 0 Å². The van der Waals surface area contributed by atoms with Crippen LogP contribution in [0.2, 0.25) is 0 Å². The number of methoxy groups -OCH3 is 2. The van der Waals surface area contributed by atoms with Crippen molar-refractivity contribution in [2.24, 2.45) is 0 Å². The molecule has 0 radical (unpaired) electrons. The molecule has 0 saturated carbocycles. The Morgan fingerprint density at radius 3 is 1.35 bits per heavy atom. The molecular weight excluding hydrogens is 246 g/mol. The van der Waals surface area contributed by atoms with Crippen molar-refractivity contribution in [2.45, 2.75) is 13.8 Å². The monoisotopic (exact) mass is 266 g/mol. The second-order valence-corrected chi connectivity index (χ2v) is 5.17. The minimum atomic E-state index is 0.889. The lowest BCUT2D eigenvalue weighted by Crippen LogP contribution is -2.13. The molecule has 0 N–H and O–H groups in total. The summed E-state index contributed by atoms with van der Waals surface area (Å²) in [5.41, 5.74) is 7.23. The molecule has 0 fully saturated rings. The predicted octanol–water partition coefficient (Wildman–Crippen LogP) is 0.504. The lowest BCUT2D eigenvalue weighted by atomic mass is 9.81. The number of benzene rings is 2. The van der Waals surface area contributed by atoms with Crippen LogP contribution in [0.1, 0.15) is 11.1 Å². The molecule has 4 heteroatoms. The normalized spacial score (nSPS) is 10.4. The van der Waals surface area contributed by atoms with Gasteiger partial charge in [0, 0.05) is 11.1 Å². The lowest BCUT2D eigenvalue weighted by Gasteiger charge is -2.20. The molecule has 0 unspecified atom stereocenters. The molecule has 2 rings (SSSR count). The van der Waals surface area contributed by atoms with E-state index in [4.69, 9.17) is 9.47 Å². The molecule has 2 aromatic rings. The first-order valence-electron chi connectivity index (χ1n) is 6.80. The van der Waals surface area contributed by atoms with Crippen LogP contribution in [-0.4, -0.2) is 29.9 Å². The number of ether oxygens (including phenoxy) is 2. The summed E-state index contributed by atoms with van der Waals surface area (Å²) in [5, 5.41) is 0. The van der Waals surface area contributed by atoms with Gasteiger partial charge in [-0.2, -0.15) is 0 Å². The molecule has 0 amide bonds. The molecule has 0 aliphatic heterocycles. The first-order valence-corrected chi connectivity index (χ1v) is 6.80. The van der Waals surface area contributed by atoms with E-state index >= 15 is 0 Å². The van der Waals surface area contributed by atoms with Gasteiger partial charge < -0.3 is 9.47 Å². The van der Waals surface area contributed by atoms with Crippen molar-refractivity contribution in [1.82, 2.24) is 0 Å². The second-order valence-electron chi connectivity index (χ2n) is 5.17. The summed E-state index contributed by atoms with van der Waals surface area (Å²) in [6.07, 6.45) is 0. The summed E-state index contributed by atoms with van der Waals surface area (Å²) in [4.78, 5) is 0. The molecule has 0 aliphatic rings. The second kappa shape index (κ2) is 5.66. The molecule has 0 bridgehead atoms. The largest absolute Gasteiger partial charge is 0.496 e. The third-order valence-corrected chi connectivity index (χ3v) is 4.09. The summed E-state index contributed by atoms with van der Waals surface area (Å²) in [6.45, 7) is 4.27. The van der Waals surface area contributed by atoms with Gasteiger partial charge in [-0.05, 0) is 37.1 Å². The zero-order valence-electron chi connectivity index (χ0n) is 13.1. The quantitative estimate of drug-likeness (QED) is 0.753. The highest BCUT2D eigenvalue weighted by Crippen LogP contribution is 2.39. The Morgan fingerprint density at radius 2 is 1.05 bits per heavy atom. The Morgan fingerprint density at radius 1 is 0.700 bits per heavy atom. The van der Waals surface area contributed by atoms with Crippen molar-refractivity contribution in [1.29, 1.82) is 0 Å². The highest BCUT2D eigenvalue weighted by Gasteiger charge is 2.18. The third kappa shape index (κ3) is 2.31. The summed E-state index contributed by atoms with van der Waals surface area (Å²) in [5.74, 6) is 1.78. The van der Waals surface area contributed by atoms with Gasteiger partial charge in [-0.3, -0.25) is 0 Å². The van der Waals surface area contributed by atoms with Crippen LogP contribution in [0.3, 0.4) is 0 Å². The van der Waals surface area contributed by atoms with E-state index in [0.29, 0.717) is 0 Å². The van der Waals surface area contributed by atoms with Gasteiger partial charge in [0.1, 0.15) is 27.2 Å². The van der Waals surface area contributed by atoms with E-state index in [1.54, 1.807) is 14.2 Å². The minimum Gasteiger partial charge on any atom is -0.496 e. The zero-order chi connectivity index (χ0) is 14.9. The fourth-order valence-electron chi connectivity index (χ4n) is 2.54. The maximum Gasteiger partial charge on any atom is 0.139 e. The molecule has 0 saturated heterocycles. The molecule has 0 aromatic heterocycles. The van der Waals surface area contributed by atoms with Gasteiger partial charge >= 0.3 is 0 Å². The molecule has 0 atom stereocenters. The molecule has 102 valence electrons. The van der Waals surface area contributed by atoms with Crippen LogP contribution in [0, 0.1) is 13.8 Å². The fourth-order valence-corrected chi connectivity index (χ4v) is 2.54. The Hall–Kier alpha value is -1.83. The summed E-state index contributed by atoms with van der Waals surface area (Å²) >= 11 is 0. The smallest absolute Gasteiger partial charge is 0.139 e. The highest BCUT2D eigenvalue weighted by atomic mass is 16.5. The summed E-state index contributed by atoms with van der Waals surface area (Å²) in [7, 11) is 7.67. The van der Waals surface area contributed by atoms with E-state index < -0.39 is 0 Å². The number of rotatable bonds is 3. The average molecular weight is 266 g/mol. The van der Waals surface area contributed by atoms with Crippen molar-refractivity contribution in [2.75, 3.05) is 14.2 Å². The van der Waals surface area contributed by atoms with E-state index in [-0.39, 0.29) is 0 Å². The van der Waals surface area contributed by atoms with Crippen LogP contribution in [0.4, 0.5) is 0 Å². The van der Waals surface area contributed by atoms with E-state index in [1.807, 2.05) is 12.1 Å². The molecule has 0 aliphatic carbocycles. The number of hydrogen-bond donors (Lipinski definition) is 0. The van der Waals surface area contributed by atoms with E-state index in [9.17, 15) is 0 Å². The van der Waals surface area contributed by atoms with Crippen LogP contribution in [-0.2, 0) is 0 Å². The van der Waals surface area contributed by atoms with E-state index in [0.717, 1.165) is 22.6 Å². The Balaban J connectivity index is 2.87. The van der Waals surface area contributed by atoms with Gasteiger partial charge in [0.05, 0.1) is 14.2 Å². The van der Waals surface area contributed by atoms with Crippen molar-refractivity contribution in [3.05, 3.63) is 35.4 Å². The van der Waals surface area contributed by atoms with Crippen molar-refractivity contribution >= 4 is 26.6 Å². The van der Waals surface area contributed by atoms with Crippen LogP contribution < -0.4 is 20.4 Å². The standard InChI is InChI=1S/C16H20B2O2/c1-9-11(17)5-7-13(19-3)15(9)16-10(2)12(18)6-8-14(16)20-4/h5-8H,17-18H2,1-4H3. The minimum absolute atomic E-state index is 0.889. The fraction of sp³-hybridized carbons (Fsp3) is 0.250. The highest BCUT2D eigenvalue weighted by molar-refractivity contribution is 6.35. The van der Waals surface area contributed by atoms with Crippen LogP contribution in [0.25, 0.3) is 11.1 Å². The third-order valence-electron chi connectivity index (χ3n) is 4.09. The van der Waals surface area contributed by atoms with E-state index in [2.05, 4.69) is 41.7 Å². The average Bonchev–Trinajstić information content (AvgIpc) is 2.45. The molecule has 0 spiro atoms. The van der Waals surface area contributed by atoms with Gasteiger partial charge in [0.15, 0.2) is 0 Å². The maximum absolute atomic E-state index is 5.57. The maximum atomic E-state index is 5.57. The molecule has 0 heterocycles. The lowest BCUT2D eigenvalue weighted by molar-refractivity contribution is 0.410. The zero-order valence-corrected chi connectivity index (χ0v) is 13.1. The van der Waals surface area contributed by atoms with Gasteiger partial charge in [-0.15, -0.1) is 0 Å². The van der Waals surface area contributed by atoms with Gasteiger partial charge in [0.25, 0.3) is 0 Å². The van der Waals surface area contributed by atoms with Gasteiger partial charge in [-0.1, -0.05) is 23.1 Å². The summed E-state index contributed by atoms with van der Waals surface area (Å²) in [6, 6.07) is 8.24. The first-order chi connectivity index (χ1) is 9.51. The van der Waals surface area contributed by atoms with Crippen molar-refractivity contribution in [3.8, 4) is 22.6 Å². The summed E-state index contributed by atoms with van der Waals surface area (Å²) < 4.78 is 11.1. The molecule has 2 nitrogen and oxygen atoms in total.